The van der Waals surface area contributed by atoms with Gasteiger partial charge in [-0.25, -0.2) is 8.78 Å². The summed E-state index contributed by atoms with van der Waals surface area (Å²) in [6.45, 7) is 4.70. The number of hydrogen-bond donors (Lipinski definition) is 0. The fourth-order valence-electron chi connectivity index (χ4n) is 3.50. The Hall–Kier alpha value is -0.140. The van der Waals surface area contributed by atoms with Crippen molar-refractivity contribution in [2.75, 3.05) is 0 Å². The zero-order chi connectivity index (χ0) is 12.5. The van der Waals surface area contributed by atoms with Gasteiger partial charge in [0, 0.05) is 12.8 Å². The van der Waals surface area contributed by atoms with Crippen LogP contribution in [0, 0.1) is 17.3 Å². The second kappa shape index (κ2) is 4.85. The SMILES string of the molecule is CC1(C)CCC(CC2CCC(F)(F)CC2)CC1. The lowest BCUT2D eigenvalue weighted by Gasteiger charge is -2.37. The Morgan fingerprint density at radius 3 is 1.71 bits per heavy atom. The molecular weight excluding hydrogens is 218 g/mol. The predicted octanol–water partition coefficient (Wildman–Crippen LogP) is 5.42. The molecule has 100 valence electrons. The van der Waals surface area contributed by atoms with Crippen LogP contribution in [0.2, 0.25) is 0 Å². The van der Waals surface area contributed by atoms with E-state index in [1.54, 1.807) is 0 Å². The second-order valence-electron chi connectivity index (χ2n) is 7.14. The summed E-state index contributed by atoms with van der Waals surface area (Å²) in [6, 6.07) is 0. The van der Waals surface area contributed by atoms with E-state index >= 15 is 0 Å². The molecular formula is C15H26F2. The van der Waals surface area contributed by atoms with Crippen LogP contribution < -0.4 is 0 Å². The summed E-state index contributed by atoms with van der Waals surface area (Å²) in [5.74, 6) is -0.953. The molecule has 0 aromatic heterocycles. The third-order valence-corrected chi connectivity index (χ3v) is 4.96. The molecule has 17 heavy (non-hydrogen) atoms. The predicted molar refractivity (Wildman–Crippen MR) is 67.3 cm³/mol. The van der Waals surface area contributed by atoms with Crippen LogP contribution in [0.25, 0.3) is 0 Å². The van der Waals surface area contributed by atoms with E-state index < -0.39 is 5.92 Å². The lowest BCUT2D eigenvalue weighted by molar-refractivity contribution is -0.0488. The first-order chi connectivity index (χ1) is 7.86. The first-order valence-electron chi connectivity index (χ1n) is 7.24. The van der Waals surface area contributed by atoms with Crippen LogP contribution >= 0.6 is 0 Å². The van der Waals surface area contributed by atoms with Gasteiger partial charge in [-0.1, -0.05) is 13.8 Å². The minimum atomic E-state index is -2.36. The third kappa shape index (κ3) is 3.93. The molecule has 0 atom stereocenters. The standard InChI is InChI=1S/C15H26F2/c1-14(2)7-3-12(4-8-14)11-13-5-9-15(16,17)10-6-13/h12-13H,3-11H2,1-2H3. The molecule has 2 saturated carbocycles. The largest absolute Gasteiger partial charge is 0.248 e. The molecule has 2 rings (SSSR count). The van der Waals surface area contributed by atoms with Crippen LogP contribution in [-0.4, -0.2) is 5.92 Å². The highest BCUT2D eigenvalue weighted by molar-refractivity contribution is 4.83. The first-order valence-corrected chi connectivity index (χ1v) is 7.24. The van der Waals surface area contributed by atoms with Gasteiger partial charge in [0.1, 0.15) is 0 Å². The highest BCUT2D eigenvalue weighted by Gasteiger charge is 2.36. The zero-order valence-electron chi connectivity index (χ0n) is 11.3. The van der Waals surface area contributed by atoms with E-state index in [-0.39, 0.29) is 12.8 Å². The minimum absolute atomic E-state index is 0.135. The topological polar surface area (TPSA) is 0 Å². The maximum atomic E-state index is 13.1. The molecule has 0 N–H and O–H groups in total. The van der Waals surface area contributed by atoms with Crippen molar-refractivity contribution >= 4 is 0 Å². The van der Waals surface area contributed by atoms with Crippen molar-refractivity contribution in [3.8, 4) is 0 Å². The van der Waals surface area contributed by atoms with Crippen LogP contribution in [0.5, 0.6) is 0 Å². The van der Waals surface area contributed by atoms with Crippen LogP contribution in [-0.2, 0) is 0 Å². The maximum absolute atomic E-state index is 13.1. The van der Waals surface area contributed by atoms with E-state index in [0.717, 1.165) is 18.8 Å². The lowest BCUT2D eigenvalue weighted by Crippen LogP contribution is -2.27. The van der Waals surface area contributed by atoms with Crippen molar-refractivity contribution in [2.24, 2.45) is 17.3 Å². The molecule has 2 aliphatic carbocycles. The monoisotopic (exact) mass is 244 g/mol. The highest BCUT2D eigenvalue weighted by Crippen LogP contribution is 2.44. The summed E-state index contributed by atoms with van der Waals surface area (Å²) in [5.41, 5.74) is 0.524. The van der Waals surface area contributed by atoms with E-state index in [4.69, 9.17) is 0 Å². The fraction of sp³-hybridized carbons (Fsp3) is 1.00. The summed E-state index contributed by atoms with van der Waals surface area (Å²) < 4.78 is 26.1. The Morgan fingerprint density at radius 1 is 0.824 bits per heavy atom. The molecule has 2 aliphatic rings. The second-order valence-corrected chi connectivity index (χ2v) is 7.14. The lowest BCUT2D eigenvalue weighted by atomic mass is 9.69. The smallest absolute Gasteiger partial charge is 0.207 e. The van der Waals surface area contributed by atoms with Crippen LogP contribution in [0.3, 0.4) is 0 Å². The Morgan fingerprint density at radius 2 is 1.24 bits per heavy atom. The van der Waals surface area contributed by atoms with Crippen LogP contribution in [0.1, 0.15) is 71.6 Å². The molecule has 0 unspecified atom stereocenters. The van der Waals surface area contributed by atoms with Gasteiger partial charge in [0.2, 0.25) is 5.92 Å². The minimum Gasteiger partial charge on any atom is -0.207 e. The normalized spacial score (nSPS) is 30.4. The van der Waals surface area contributed by atoms with Gasteiger partial charge in [-0.15, -0.1) is 0 Å². The van der Waals surface area contributed by atoms with Gasteiger partial charge in [-0.05, 0) is 62.2 Å². The van der Waals surface area contributed by atoms with Gasteiger partial charge >= 0.3 is 0 Å². The quantitative estimate of drug-likeness (QED) is 0.608. The Balaban J connectivity index is 1.72. The molecule has 0 aliphatic heterocycles. The molecule has 0 spiro atoms. The van der Waals surface area contributed by atoms with Gasteiger partial charge in [0.15, 0.2) is 0 Å². The number of hydrogen-bond acceptors (Lipinski definition) is 0. The molecule has 0 saturated heterocycles. The molecule has 2 fully saturated rings. The van der Waals surface area contributed by atoms with Crippen molar-refractivity contribution < 1.29 is 8.78 Å². The third-order valence-electron chi connectivity index (χ3n) is 4.96. The van der Waals surface area contributed by atoms with E-state index in [1.165, 1.54) is 32.1 Å². The Bertz CT molecular complexity index is 212. The van der Waals surface area contributed by atoms with Gasteiger partial charge in [0.05, 0.1) is 0 Å². The van der Waals surface area contributed by atoms with Gasteiger partial charge in [0.25, 0.3) is 0 Å². The maximum Gasteiger partial charge on any atom is 0.248 e. The first kappa shape index (κ1) is 13.3. The number of rotatable bonds is 2. The summed E-state index contributed by atoms with van der Waals surface area (Å²) in [4.78, 5) is 0. The van der Waals surface area contributed by atoms with Crippen molar-refractivity contribution in [3.05, 3.63) is 0 Å². The van der Waals surface area contributed by atoms with E-state index in [2.05, 4.69) is 13.8 Å². The van der Waals surface area contributed by atoms with Crippen molar-refractivity contribution in [3.63, 3.8) is 0 Å². The summed E-state index contributed by atoms with van der Waals surface area (Å²) in [5, 5.41) is 0. The Labute approximate surface area is 104 Å². The molecule has 0 radical (unpaired) electrons. The van der Waals surface area contributed by atoms with Crippen molar-refractivity contribution in [1.82, 2.24) is 0 Å². The average Bonchev–Trinajstić information content (AvgIpc) is 2.24. The summed E-state index contributed by atoms with van der Waals surface area (Å²) >= 11 is 0. The molecule has 0 bridgehead atoms. The van der Waals surface area contributed by atoms with Crippen molar-refractivity contribution in [1.29, 1.82) is 0 Å². The van der Waals surface area contributed by atoms with Crippen molar-refractivity contribution in [2.45, 2.75) is 77.6 Å². The summed E-state index contributed by atoms with van der Waals surface area (Å²) in [7, 11) is 0. The molecule has 0 nitrogen and oxygen atoms in total. The molecule has 0 amide bonds. The molecule has 2 heteroatoms. The van der Waals surface area contributed by atoms with Crippen LogP contribution in [0.4, 0.5) is 8.78 Å². The van der Waals surface area contributed by atoms with E-state index in [0.29, 0.717) is 11.3 Å². The summed E-state index contributed by atoms with van der Waals surface area (Å²) in [6.07, 6.45) is 8.28. The van der Waals surface area contributed by atoms with Gasteiger partial charge in [-0.2, -0.15) is 0 Å². The van der Waals surface area contributed by atoms with Gasteiger partial charge in [-0.3, -0.25) is 0 Å². The molecule has 0 heterocycles. The highest BCUT2D eigenvalue weighted by atomic mass is 19.3. The number of halogens is 2. The zero-order valence-corrected chi connectivity index (χ0v) is 11.3. The fourth-order valence-corrected chi connectivity index (χ4v) is 3.50. The van der Waals surface area contributed by atoms with E-state index in [9.17, 15) is 8.78 Å². The Kier molecular flexibility index (Phi) is 3.80. The number of alkyl halides is 2. The van der Waals surface area contributed by atoms with E-state index in [1.807, 2.05) is 0 Å². The van der Waals surface area contributed by atoms with Crippen LogP contribution in [0.15, 0.2) is 0 Å². The average molecular weight is 244 g/mol. The molecule has 0 aromatic carbocycles. The molecule has 0 aromatic rings. The van der Waals surface area contributed by atoms with Gasteiger partial charge < -0.3 is 0 Å².